The molecule has 122 valence electrons. The first kappa shape index (κ1) is 16.9. The van der Waals surface area contributed by atoms with Gasteiger partial charge in [0.15, 0.2) is 0 Å². The summed E-state index contributed by atoms with van der Waals surface area (Å²) in [5, 5.41) is 2.92. The maximum absolute atomic E-state index is 12.4. The van der Waals surface area contributed by atoms with Gasteiger partial charge in [-0.1, -0.05) is 56.3 Å². The van der Waals surface area contributed by atoms with E-state index in [0.717, 1.165) is 5.56 Å². The number of para-hydroxylation sites is 2. The minimum atomic E-state index is -0.158. The second-order valence-electron chi connectivity index (χ2n) is 5.97. The molecular formula is C19H24N2O2. The fourth-order valence-electron chi connectivity index (χ4n) is 2.09. The number of nitrogens with one attached hydrogen (secondary N) is 1. The zero-order valence-corrected chi connectivity index (χ0v) is 14.0. The van der Waals surface area contributed by atoms with Gasteiger partial charge in [0.05, 0.1) is 12.3 Å². The smallest absolute Gasteiger partial charge is 0.321 e. The highest BCUT2D eigenvalue weighted by Gasteiger charge is 2.12. The van der Waals surface area contributed by atoms with E-state index in [-0.39, 0.29) is 6.03 Å². The lowest BCUT2D eigenvalue weighted by Gasteiger charge is -2.20. The zero-order valence-electron chi connectivity index (χ0n) is 14.0. The molecule has 1 N–H and O–H groups in total. The molecule has 2 amide bonds. The zero-order chi connectivity index (χ0) is 16.7. The number of carbonyl (C=O) groups is 1. The molecule has 2 rings (SSSR count). The fourth-order valence-corrected chi connectivity index (χ4v) is 2.09. The minimum absolute atomic E-state index is 0.158. The second-order valence-corrected chi connectivity index (χ2v) is 5.97. The van der Waals surface area contributed by atoms with E-state index in [1.54, 1.807) is 11.9 Å². The van der Waals surface area contributed by atoms with Crippen LogP contribution in [0.25, 0.3) is 0 Å². The van der Waals surface area contributed by atoms with E-state index < -0.39 is 0 Å². The Bertz CT molecular complexity index is 626. The fraction of sp³-hybridized carbons (Fsp3) is 0.316. The molecule has 0 heterocycles. The first-order valence-corrected chi connectivity index (χ1v) is 7.84. The molecule has 0 bridgehead atoms. The number of urea groups is 1. The Kier molecular flexibility index (Phi) is 6.03. The van der Waals surface area contributed by atoms with Crippen LogP contribution in [-0.2, 0) is 6.54 Å². The summed E-state index contributed by atoms with van der Waals surface area (Å²) >= 11 is 0. The number of benzene rings is 2. The number of ether oxygens (including phenoxy) is 1. The molecular weight excluding hydrogens is 288 g/mol. The van der Waals surface area contributed by atoms with Crippen molar-refractivity contribution >= 4 is 11.7 Å². The van der Waals surface area contributed by atoms with Gasteiger partial charge in [-0.15, -0.1) is 0 Å². The molecule has 0 saturated carbocycles. The van der Waals surface area contributed by atoms with E-state index in [2.05, 4.69) is 19.2 Å². The molecule has 2 aromatic rings. The highest BCUT2D eigenvalue weighted by atomic mass is 16.5. The van der Waals surface area contributed by atoms with E-state index in [1.807, 2.05) is 54.6 Å². The molecule has 4 heteroatoms. The molecule has 0 spiro atoms. The number of carbonyl (C=O) groups excluding carboxylic acids is 1. The molecule has 0 aliphatic rings. The molecule has 0 aliphatic carbocycles. The van der Waals surface area contributed by atoms with Gasteiger partial charge in [0.25, 0.3) is 0 Å². The van der Waals surface area contributed by atoms with Gasteiger partial charge in [-0.05, 0) is 23.6 Å². The van der Waals surface area contributed by atoms with E-state index in [9.17, 15) is 4.79 Å². The third-order valence-corrected chi connectivity index (χ3v) is 3.31. The van der Waals surface area contributed by atoms with Crippen LogP contribution < -0.4 is 10.1 Å². The molecule has 23 heavy (non-hydrogen) atoms. The summed E-state index contributed by atoms with van der Waals surface area (Å²) in [6, 6.07) is 17.3. The normalized spacial score (nSPS) is 10.4. The Morgan fingerprint density at radius 1 is 1.09 bits per heavy atom. The van der Waals surface area contributed by atoms with Gasteiger partial charge in [0.1, 0.15) is 5.75 Å². The summed E-state index contributed by atoms with van der Waals surface area (Å²) in [5.41, 5.74) is 1.78. The third kappa shape index (κ3) is 5.33. The summed E-state index contributed by atoms with van der Waals surface area (Å²) in [7, 11) is 1.78. The standard InChI is InChI=1S/C19H24N2O2/c1-15(2)14-23-18-12-8-7-11-17(18)20-19(22)21(3)13-16-9-5-4-6-10-16/h4-12,15H,13-14H2,1-3H3,(H,20,22). The minimum Gasteiger partial charge on any atom is -0.491 e. The SMILES string of the molecule is CC(C)COc1ccccc1NC(=O)N(C)Cc1ccccc1. The molecule has 0 radical (unpaired) electrons. The lowest BCUT2D eigenvalue weighted by atomic mass is 10.2. The Balaban J connectivity index is 1.99. The van der Waals surface area contributed by atoms with Crippen LogP contribution in [0.4, 0.5) is 10.5 Å². The van der Waals surface area contributed by atoms with Crippen LogP contribution in [0.5, 0.6) is 5.75 Å². The number of amides is 2. The van der Waals surface area contributed by atoms with Gasteiger partial charge in [0, 0.05) is 13.6 Å². The quantitative estimate of drug-likeness (QED) is 0.859. The number of hydrogen-bond donors (Lipinski definition) is 1. The van der Waals surface area contributed by atoms with Crippen LogP contribution in [0.2, 0.25) is 0 Å². The number of hydrogen-bond acceptors (Lipinski definition) is 2. The predicted molar refractivity (Wildman–Crippen MR) is 93.7 cm³/mol. The van der Waals surface area contributed by atoms with Crippen molar-refractivity contribution in [1.82, 2.24) is 4.90 Å². The lowest BCUT2D eigenvalue weighted by molar-refractivity contribution is 0.220. The van der Waals surface area contributed by atoms with Gasteiger partial charge in [-0.25, -0.2) is 4.79 Å². The highest BCUT2D eigenvalue weighted by Crippen LogP contribution is 2.24. The number of rotatable bonds is 6. The predicted octanol–water partition coefficient (Wildman–Crippen LogP) is 4.39. The molecule has 2 aromatic carbocycles. The monoisotopic (exact) mass is 312 g/mol. The van der Waals surface area contributed by atoms with E-state index in [0.29, 0.717) is 30.5 Å². The van der Waals surface area contributed by atoms with Crippen LogP contribution in [0.3, 0.4) is 0 Å². The van der Waals surface area contributed by atoms with Crippen molar-refractivity contribution in [3.05, 3.63) is 60.2 Å². The van der Waals surface area contributed by atoms with Crippen molar-refractivity contribution < 1.29 is 9.53 Å². The molecule has 0 unspecified atom stereocenters. The first-order valence-electron chi connectivity index (χ1n) is 7.84. The van der Waals surface area contributed by atoms with Crippen molar-refractivity contribution in [3.63, 3.8) is 0 Å². The van der Waals surface area contributed by atoms with Crippen molar-refractivity contribution in [2.24, 2.45) is 5.92 Å². The molecule has 0 atom stereocenters. The van der Waals surface area contributed by atoms with Crippen LogP contribution in [-0.4, -0.2) is 24.6 Å². The summed E-state index contributed by atoms with van der Waals surface area (Å²) in [6.45, 7) is 5.36. The van der Waals surface area contributed by atoms with E-state index >= 15 is 0 Å². The van der Waals surface area contributed by atoms with Crippen LogP contribution in [0.1, 0.15) is 19.4 Å². The van der Waals surface area contributed by atoms with Crippen LogP contribution in [0.15, 0.2) is 54.6 Å². The summed E-state index contributed by atoms with van der Waals surface area (Å²) in [5.74, 6) is 1.13. The lowest BCUT2D eigenvalue weighted by Crippen LogP contribution is -2.31. The van der Waals surface area contributed by atoms with Gasteiger partial charge in [-0.2, -0.15) is 0 Å². The first-order chi connectivity index (χ1) is 11.1. The Hall–Kier alpha value is -2.49. The Morgan fingerprint density at radius 2 is 1.74 bits per heavy atom. The Morgan fingerprint density at radius 3 is 2.43 bits per heavy atom. The summed E-state index contributed by atoms with van der Waals surface area (Å²) < 4.78 is 5.76. The van der Waals surface area contributed by atoms with Crippen molar-refractivity contribution in [2.75, 3.05) is 19.0 Å². The van der Waals surface area contributed by atoms with E-state index in [1.165, 1.54) is 0 Å². The maximum Gasteiger partial charge on any atom is 0.321 e. The van der Waals surface area contributed by atoms with Crippen LogP contribution >= 0.6 is 0 Å². The average Bonchev–Trinajstić information content (AvgIpc) is 2.54. The summed E-state index contributed by atoms with van der Waals surface area (Å²) in [4.78, 5) is 14.0. The van der Waals surface area contributed by atoms with E-state index in [4.69, 9.17) is 4.74 Å². The van der Waals surface area contributed by atoms with Crippen molar-refractivity contribution in [1.29, 1.82) is 0 Å². The van der Waals surface area contributed by atoms with Crippen molar-refractivity contribution in [3.8, 4) is 5.75 Å². The number of anilines is 1. The van der Waals surface area contributed by atoms with Gasteiger partial charge in [0.2, 0.25) is 0 Å². The molecule has 0 aliphatic heterocycles. The largest absolute Gasteiger partial charge is 0.491 e. The topological polar surface area (TPSA) is 41.6 Å². The second kappa shape index (κ2) is 8.22. The van der Waals surface area contributed by atoms with Gasteiger partial charge >= 0.3 is 6.03 Å². The third-order valence-electron chi connectivity index (χ3n) is 3.31. The maximum atomic E-state index is 12.4. The number of nitrogens with zero attached hydrogens (tertiary/aromatic N) is 1. The average molecular weight is 312 g/mol. The molecule has 0 saturated heterocycles. The Labute approximate surface area is 138 Å². The van der Waals surface area contributed by atoms with Gasteiger partial charge < -0.3 is 15.0 Å². The van der Waals surface area contributed by atoms with Crippen LogP contribution in [0, 0.1) is 5.92 Å². The highest BCUT2D eigenvalue weighted by molar-refractivity contribution is 5.90. The van der Waals surface area contributed by atoms with Crippen molar-refractivity contribution in [2.45, 2.75) is 20.4 Å². The molecule has 0 aromatic heterocycles. The molecule has 0 fully saturated rings. The summed E-state index contributed by atoms with van der Waals surface area (Å²) in [6.07, 6.45) is 0. The van der Waals surface area contributed by atoms with Gasteiger partial charge in [-0.3, -0.25) is 0 Å². The molecule has 4 nitrogen and oxygen atoms in total.